The SMILES string of the molecule is Cc1nc(COc2ccc(C(=O)N3CCCCC3)cc2)no1. The van der Waals surface area contributed by atoms with Gasteiger partial charge in [-0.3, -0.25) is 4.79 Å². The fourth-order valence-corrected chi connectivity index (χ4v) is 2.52. The number of ether oxygens (including phenoxy) is 1. The zero-order chi connectivity index (χ0) is 15.4. The van der Waals surface area contributed by atoms with Gasteiger partial charge in [0.25, 0.3) is 5.91 Å². The van der Waals surface area contributed by atoms with Gasteiger partial charge < -0.3 is 14.2 Å². The Balaban J connectivity index is 1.58. The molecule has 0 N–H and O–H groups in total. The number of aryl methyl sites for hydroxylation is 1. The Morgan fingerprint density at radius 3 is 2.59 bits per heavy atom. The highest BCUT2D eigenvalue weighted by atomic mass is 16.5. The first-order chi connectivity index (χ1) is 10.7. The number of hydrogen-bond acceptors (Lipinski definition) is 5. The number of carbonyl (C=O) groups is 1. The van der Waals surface area contributed by atoms with E-state index in [9.17, 15) is 4.79 Å². The van der Waals surface area contributed by atoms with E-state index in [2.05, 4.69) is 10.1 Å². The summed E-state index contributed by atoms with van der Waals surface area (Å²) in [6, 6.07) is 7.19. The van der Waals surface area contributed by atoms with Crippen molar-refractivity contribution in [3.05, 3.63) is 41.5 Å². The Morgan fingerprint density at radius 2 is 1.95 bits per heavy atom. The van der Waals surface area contributed by atoms with Gasteiger partial charge in [0.15, 0.2) is 6.61 Å². The van der Waals surface area contributed by atoms with Crippen LogP contribution in [0.4, 0.5) is 0 Å². The summed E-state index contributed by atoms with van der Waals surface area (Å²) in [6.45, 7) is 3.69. The molecule has 1 amide bonds. The summed E-state index contributed by atoms with van der Waals surface area (Å²) in [6.07, 6.45) is 3.40. The van der Waals surface area contributed by atoms with Crippen LogP contribution in [0.1, 0.15) is 41.3 Å². The third-order valence-electron chi connectivity index (χ3n) is 3.68. The van der Waals surface area contributed by atoms with Gasteiger partial charge in [-0.1, -0.05) is 5.16 Å². The maximum absolute atomic E-state index is 12.3. The van der Waals surface area contributed by atoms with Gasteiger partial charge in [0.1, 0.15) is 5.75 Å². The molecule has 0 aliphatic carbocycles. The van der Waals surface area contributed by atoms with Crippen molar-refractivity contribution in [3.63, 3.8) is 0 Å². The van der Waals surface area contributed by atoms with Crippen molar-refractivity contribution >= 4 is 5.91 Å². The standard InChI is InChI=1S/C16H19N3O3/c1-12-17-15(18-22-12)11-21-14-7-5-13(6-8-14)16(20)19-9-3-2-4-10-19/h5-8H,2-4,9-11H2,1H3. The molecule has 0 saturated carbocycles. The highest BCUT2D eigenvalue weighted by Gasteiger charge is 2.17. The van der Waals surface area contributed by atoms with Crippen LogP contribution in [0.2, 0.25) is 0 Å². The first-order valence-electron chi connectivity index (χ1n) is 7.54. The number of piperidine rings is 1. The third kappa shape index (κ3) is 3.44. The predicted molar refractivity (Wildman–Crippen MR) is 79.6 cm³/mol. The first kappa shape index (κ1) is 14.6. The summed E-state index contributed by atoms with van der Waals surface area (Å²) in [5.74, 6) is 1.80. The number of hydrogen-bond donors (Lipinski definition) is 0. The molecule has 116 valence electrons. The van der Waals surface area contributed by atoms with Crippen molar-refractivity contribution in [3.8, 4) is 5.75 Å². The van der Waals surface area contributed by atoms with Crippen LogP contribution in [0.3, 0.4) is 0 Å². The number of nitrogens with zero attached hydrogens (tertiary/aromatic N) is 3. The molecule has 2 heterocycles. The van der Waals surface area contributed by atoms with E-state index in [4.69, 9.17) is 9.26 Å². The van der Waals surface area contributed by atoms with Crippen LogP contribution >= 0.6 is 0 Å². The van der Waals surface area contributed by atoms with Crippen LogP contribution in [0.15, 0.2) is 28.8 Å². The second-order valence-electron chi connectivity index (χ2n) is 5.40. The molecule has 1 aromatic carbocycles. The fraction of sp³-hybridized carbons (Fsp3) is 0.438. The largest absolute Gasteiger partial charge is 0.485 e. The average molecular weight is 301 g/mol. The minimum absolute atomic E-state index is 0.0973. The monoisotopic (exact) mass is 301 g/mol. The van der Waals surface area contributed by atoms with Crippen molar-refractivity contribution < 1.29 is 14.1 Å². The highest BCUT2D eigenvalue weighted by molar-refractivity contribution is 5.94. The van der Waals surface area contributed by atoms with Gasteiger partial charge in [-0.15, -0.1) is 0 Å². The first-order valence-corrected chi connectivity index (χ1v) is 7.54. The van der Waals surface area contributed by atoms with Crippen LogP contribution in [-0.4, -0.2) is 34.0 Å². The molecule has 1 aliphatic rings. The Bertz CT molecular complexity index is 630. The molecule has 1 saturated heterocycles. The normalized spacial score (nSPS) is 14.9. The Kier molecular flexibility index (Phi) is 4.37. The summed E-state index contributed by atoms with van der Waals surface area (Å²) >= 11 is 0. The molecule has 1 fully saturated rings. The van der Waals surface area contributed by atoms with Crippen LogP contribution in [-0.2, 0) is 6.61 Å². The van der Waals surface area contributed by atoms with Gasteiger partial charge in [-0.2, -0.15) is 4.98 Å². The molecule has 0 unspecified atom stereocenters. The van der Waals surface area contributed by atoms with E-state index < -0.39 is 0 Å². The molecule has 0 bridgehead atoms. The van der Waals surface area contributed by atoms with Crippen LogP contribution < -0.4 is 4.74 Å². The summed E-state index contributed by atoms with van der Waals surface area (Å²) in [5, 5.41) is 3.77. The number of benzene rings is 1. The number of carbonyl (C=O) groups excluding carboxylic acids is 1. The molecule has 1 aromatic heterocycles. The van der Waals surface area contributed by atoms with Gasteiger partial charge >= 0.3 is 0 Å². The third-order valence-corrected chi connectivity index (χ3v) is 3.68. The number of aromatic nitrogens is 2. The minimum atomic E-state index is 0.0973. The van der Waals surface area contributed by atoms with E-state index in [1.54, 1.807) is 31.2 Å². The molecule has 0 atom stereocenters. The second-order valence-corrected chi connectivity index (χ2v) is 5.40. The Labute approximate surface area is 129 Å². The number of rotatable bonds is 4. The summed E-state index contributed by atoms with van der Waals surface area (Å²) in [4.78, 5) is 18.3. The van der Waals surface area contributed by atoms with Crippen molar-refractivity contribution in [1.82, 2.24) is 15.0 Å². The van der Waals surface area contributed by atoms with Crippen LogP contribution in [0.5, 0.6) is 5.75 Å². The van der Waals surface area contributed by atoms with E-state index in [0.717, 1.165) is 25.9 Å². The van der Waals surface area contributed by atoms with E-state index in [-0.39, 0.29) is 12.5 Å². The topological polar surface area (TPSA) is 68.5 Å². The zero-order valence-electron chi connectivity index (χ0n) is 12.6. The molecule has 22 heavy (non-hydrogen) atoms. The van der Waals surface area contributed by atoms with Crippen molar-refractivity contribution in [1.29, 1.82) is 0 Å². The average Bonchev–Trinajstić information content (AvgIpc) is 2.99. The quantitative estimate of drug-likeness (QED) is 0.868. The Hall–Kier alpha value is -2.37. The van der Waals surface area contributed by atoms with E-state index in [0.29, 0.717) is 23.0 Å². The number of amides is 1. The fourth-order valence-electron chi connectivity index (χ4n) is 2.52. The molecule has 2 aromatic rings. The molecule has 6 nitrogen and oxygen atoms in total. The molecule has 3 rings (SSSR count). The molecular formula is C16H19N3O3. The zero-order valence-corrected chi connectivity index (χ0v) is 12.6. The van der Waals surface area contributed by atoms with Gasteiger partial charge in [0, 0.05) is 25.6 Å². The predicted octanol–water partition coefficient (Wildman–Crippen LogP) is 2.58. The smallest absolute Gasteiger partial charge is 0.253 e. The van der Waals surface area contributed by atoms with Crippen molar-refractivity contribution in [2.45, 2.75) is 32.8 Å². The maximum atomic E-state index is 12.3. The lowest BCUT2D eigenvalue weighted by atomic mass is 10.1. The van der Waals surface area contributed by atoms with Crippen molar-refractivity contribution in [2.75, 3.05) is 13.1 Å². The van der Waals surface area contributed by atoms with Crippen molar-refractivity contribution in [2.24, 2.45) is 0 Å². The van der Waals surface area contributed by atoms with Gasteiger partial charge in [-0.05, 0) is 43.5 Å². The maximum Gasteiger partial charge on any atom is 0.253 e. The minimum Gasteiger partial charge on any atom is -0.485 e. The molecule has 0 radical (unpaired) electrons. The van der Waals surface area contributed by atoms with E-state index >= 15 is 0 Å². The summed E-state index contributed by atoms with van der Waals surface area (Å²) in [5.41, 5.74) is 0.699. The summed E-state index contributed by atoms with van der Waals surface area (Å²) < 4.78 is 10.5. The lowest BCUT2D eigenvalue weighted by Crippen LogP contribution is -2.35. The lowest BCUT2D eigenvalue weighted by Gasteiger charge is -2.26. The van der Waals surface area contributed by atoms with Gasteiger partial charge in [0.05, 0.1) is 0 Å². The number of likely N-dealkylation sites (tertiary alicyclic amines) is 1. The molecule has 1 aliphatic heterocycles. The van der Waals surface area contributed by atoms with Gasteiger partial charge in [-0.25, -0.2) is 0 Å². The lowest BCUT2D eigenvalue weighted by molar-refractivity contribution is 0.0724. The highest BCUT2D eigenvalue weighted by Crippen LogP contribution is 2.17. The van der Waals surface area contributed by atoms with Gasteiger partial charge in [0.2, 0.25) is 11.7 Å². The molecule has 6 heteroatoms. The van der Waals surface area contributed by atoms with E-state index in [1.165, 1.54) is 6.42 Å². The van der Waals surface area contributed by atoms with Crippen LogP contribution in [0.25, 0.3) is 0 Å². The van der Waals surface area contributed by atoms with Crippen LogP contribution in [0, 0.1) is 6.92 Å². The Morgan fingerprint density at radius 1 is 1.23 bits per heavy atom. The molecule has 0 spiro atoms. The second kappa shape index (κ2) is 6.60. The molecular weight excluding hydrogens is 282 g/mol. The van der Waals surface area contributed by atoms with E-state index in [1.807, 2.05) is 4.90 Å². The summed E-state index contributed by atoms with van der Waals surface area (Å²) in [7, 11) is 0.